The number of rotatable bonds is 8. The number of aromatic nitrogens is 2. The van der Waals surface area contributed by atoms with Crippen LogP contribution < -0.4 is 15.4 Å². The maximum Gasteiger partial charge on any atom is 0.234 e. The van der Waals surface area contributed by atoms with Crippen molar-refractivity contribution in [3.8, 4) is 5.75 Å². The molecule has 130 valence electrons. The lowest BCUT2D eigenvalue weighted by Gasteiger charge is -2.18. The van der Waals surface area contributed by atoms with E-state index >= 15 is 0 Å². The van der Waals surface area contributed by atoms with Crippen molar-refractivity contribution >= 4 is 5.91 Å². The third kappa shape index (κ3) is 5.09. The Morgan fingerprint density at radius 3 is 2.75 bits per heavy atom. The van der Waals surface area contributed by atoms with Gasteiger partial charge in [-0.1, -0.05) is 18.2 Å². The molecular formula is C18H26N4O2. The van der Waals surface area contributed by atoms with Gasteiger partial charge in [0.15, 0.2) is 0 Å². The van der Waals surface area contributed by atoms with Crippen molar-refractivity contribution in [3.05, 3.63) is 47.8 Å². The van der Waals surface area contributed by atoms with E-state index in [0.717, 1.165) is 23.4 Å². The van der Waals surface area contributed by atoms with E-state index < -0.39 is 0 Å². The smallest absolute Gasteiger partial charge is 0.234 e. The number of carbonyl (C=O) groups excluding carboxylic acids is 1. The molecule has 0 aliphatic carbocycles. The van der Waals surface area contributed by atoms with Gasteiger partial charge in [-0.05, 0) is 32.4 Å². The van der Waals surface area contributed by atoms with E-state index in [9.17, 15) is 4.79 Å². The summed E-state index contributed by atoms with van der Waals surface area (Å²) in [6, 6.07) is 7.74. The maximum atomic E-state index is 12.2. The predicted molar refractivity (Wildman–Crippen MR) is 94.0 cm³/mol. The van der Waals surface area contributed by atoms with Crippen LogP contribution in [-0.4, -0.2) is 35.4 Å². The molecule has 1 amide bonds. The molecule has 0 radical (unpaired) electrons. The fourth-order valence-corrected chi connectivity index (χ4v) is 2.57. The summed E-state index contributed by atoms with van der Waals surface area (Å²) in [5.74, 6) is 0.734. The highest BCUT2D eigenvalue weighted by atomic mass is 16.5. The van der Waals surface area contributed by atoms with Crippen molar-refractivity contribution in [1.82, 2.24) is 20.4 Å². The van der Waals surface area contributed by atoms with E-state index in [4.69, 9.17) is 4.74 Å². The minimum atomic E-state index is -0.112. The molecule has 2 N–H and O–H groups in total. The van der Waals surface area contributed by atoms with E-state index in [-0.39, 0.29) is 24.5 Å². The zero-order valence-electron chi connectivity index (χ0n) is 14.7. The second-order valence-electron chi connectivity index (χ2n) is 6.05. The Hall–Kier alpha value is -2.34. The summed E-state index contributed by atoms with van der Waals surface area (Å²) in [5.41, 5.74) is 2.10. The molecule has 2 aromatic rings. The third-order valence-electron chi connectivity index (χ3n) is 3.82. The summed E-state index contributed by atoms with van der Waals surface area (Å²) in [7, 11) is 1.63. The standard InChI is InChI=1S/C18H26N4O2/c1-13-9-20-22(11-13)12-14(2)19-10-18(23)21-15(3)16-7-5-6-8-17(16)24-4/h5-9,11,14-15,19H,10,12H2,1-4H3,(H,21,23). The number of hydrogen-bond acceptors (Lipinski definition) is 4. The van der Waals surface area contributed by atoms with Crippen LogP contribution in [0.4, 0.5) is 0 Å². The molecule has 0 fully saturated rings. The SMILES string of the molecule is COc1ccccc1C(C)NC(=O)CNC(C)Cn1cc(C)cn1. The van der Waals surface area contributed by atoms with Crippen molar-refractivity contribution in [2.45, 2.75) is 39.4 Å². The summed E-state index contributed by atoms with van der Waals surface area (Å²) in [5, 5.41) is 10.5. The van der Waals surface area contributed by atoms with Gasteiger partial charge in [-0.15, -0.1) is 0 Å². The van der Waals surface area contributed by atoms with Crippen molar-refractivity contribution in [2.75, 3.05) is 13.7 Å². The number of hydrogen-bond donors (Lipinski definition) is 2. The Morgan fingerprint density at radius 2 is 2.08 bits per heavy atom. The molecule has 0 bridgehead atoms. The molecule has 6 heteroatoms. The zero-order chi connectivity index (χ0) is 17.5. The summed E-state index contributed by atoms with van der Waals surface area (Å²) < 4.78 is 7.22. The van der Waals surface area contributed by atoms with Crippen LogP contribution in [0.5, 0.6) is 5.75 Å². The van der Waals surface area contributed by atoms with Crippen molar-refractivity contribution < 1.29 is 9.53 Å². The largest absolute Gasteiger partial charge is 0.496 e. The van der Waals surface area contributed by atoms with Gasteiger partial charge in [0.25, 0.3) is 0 Å². The Morgan fingerprint density at radius 1 is 1.33 bits per heavy atom. The number of amides is 1. The predicted octanol–water partition coefficient (Wildman–Crippen LogP) is 2.06. The number of nitrogens with one attached hydrogen (secondary N) is 2. The summed E-state index contributed by atoms with van der Waals surface area (Å²) in [6.07, 6.45) is 3.82. The van der Waals surface area contributed by atoms with Crippen LogP contribution in [0.1, 0.15) is 31.0 Å². The van der Waals surface area contributed by atoms with Crippen LogP contribution in [0, 0.1) is 6.92 Å². The fraction of sp³-hybridized carbons (Fsp3) is 0.444. The van der Waals surface area contributed by atoms with Gasteiger partial charge in [-0.2, -0.15) is 5.10 Å². The number of aryl methyl sites for hydroxylation is 1. The minimum absolute atomic E-state index is 0.0445. The number of nitrogens with zero attached hydrogens (tertiary/aromatic N) is 2. The van der Waals surface area contributed by atoms with Gasteiger partial charge in [0.1, 0.15) is 5.75 Å². The highest BCUT2D eigenvalue weighted by Crippen LogP contribution is 2.23. The highest BCUT2D eigenvalue weighted by Gasteiger charge is 2.14. The molecule has 6 nitrogen and oxygen atoms in total. The van der Waals surface area contributed by atoms with Gasteiger partial charge >= 0.3 is 0 Å². The molecular weight excluding hydrogens is 304 g/mol. The van der Waals surface area contributed by atoms with Crippen LogP contribution in [0.25, 0.3) is 0 Å². The van der Waals surface area contributed by atoms with Crippen molar-refractivity contribution in [1.29, 1.82) is 0 Å². The molecule has 0 aliphatic heterocycles. The second-order valence-corrected chi connectivity index (χ2v) is 6.05. The van der Waals surface area contributed by atoms with Crippen molar-refractivity contribution in [3.63, 3.8) is 0 Å². The normalized spacial score (nSPS) is 13.3. The number of carbonyl (C=O) groups is 1. The van der Waals surface area contributed by atoms with Crippen LogP contribution in [-0.2, 0) is 11.3 Å². The first-order valence-electron chi connectivity index (χ1n) is 8.14. The first-order chi connectivity index (χ1) is 11.5. The summed E-state index contributed by atoms with van der Waals surface area (Å²) in [4.78, 5) is 12.2. The second kappa shape index (κ2) is 8.49. The van der Waals surface area contributed by atoms with Crippen LogP contribution in [0.15, 0.2) is 36.7 Å². The maximum absolute atomic E-state index is 12.2. The first kappa shape index (κ1) is 18.0. The molecule has 24 heavy (non-hydrogen) atoms. The van der Waals surface area contributed by atoms with Gasteiger partial charge in [0.2, 0.25) is 5.91 Å². The number of para-hydroxylation sites is 1. The lowest BCUT2D eigenvalue weighted by Crippen LogP contribution is -2.40. The van der Waals surface area contributed by atoms with E-state index in [0.29, 0.717) is 0 Å². The molecule has 0 saturated heterocycles. The topological polar surface area (TPSA) is 68.2 Å². The van der Waals surface area contributed by atoms with Gasteiger partial charge in [-0.25, -0.2) is 0 Å². The molecule has 1 heterocycles. The molecule has 2 unspecified atom stereocenters. The summed E-state index contributed by atoms with van der Waals surface area (Å²) in [6.45, 7) is 6.98. The van der Waals surface area contributed by atoms with E-state index in [1.54, 1.807) is 7.11 Å². The Bertz CT molecular complexity index is 669. The van der Waals surface area contributed by atoms with Gasteiger partial charge in [0, 0.05) is 17.8 Å². The van der Waals surface area contributed by atoms with Crippen LogP contribution >= 0.6 is 0 Å². The Labute approximate surface area is 143 Å². The monoisotopic (exact) mass is 330 g/mol. The molecule has 0 aliphatic rings. The molecule has 1 aromatic heterocycles. The average molecular weight is 330 g/mol. The van der Waals surface area contributed by atoms with Crippen molar-refractivity contribution in [2.24, 2.45) is 0 Å². The highest BCUT2D eigenvalue weighted by molar-refractivity contribution is 5.78. The van der Waals surface area contributed by atoms with E-state index in [1.165, 1.54) is 0 Å². The zero-order valence-corrected chi connectivity index (χ0v) is 14.7. The summed E-state index contributed by atoms with van der Waals surface area (Å²) >= 11 is 0. The first-order valence-corrected chi connectivity index (χ1v) is 8.14. The van der Waals surface area contributed by atoms with Gasteiger partial charge in [0.05, 0.1) is 32.4 Å². The molecule has 2 atom stereocenters. The molecule has 1 aromatic carbocycles. The third-order valence-corrected chi connectivity index (χ3v) is 3.82. The van der Waals surface area contributed by atoms with Crippen LogP contribution in [0.2, 0.25) is 0 Å². The average Bonchev–Trinajstić information content (AvgIpc) is 2.97. The van der Waals surface area contributed by atoms with E-state index in [1.807, 2.05) is 62.1 Å². The molecule has 0 saturated carbocycles. The minimum Gasteiger partial charge on any atom is -0.496 e. The quantitative estimate of drug-likeness (QED) is 0.777. The van der Waals surface area contributed by atoms with Crippen LogP contribution in [0.3, 0.4) is 0 Å². The molecule has 2 rings (SSSR count). The number of methoxy groups -OCH3 is 1. The van der Waals surface area contributed by atoms with Gasteiger partial charge in [-0.3, -0.25) is 9.48 Å². The number of ether oxygens (including phenoxy) is 1. The number of benzene rings is 1. The lowest BCUT2D eigenvalue weighted by molar-refractivity contribution is -0.121. The lowest BCUT2D eigenvalue weighted by atomic mass is 10.1. The van der Waals surface area contributed by atoms with Gasteiger partial charge < -0.3 is 15.4 Å². The fourth-order valence-electron chi connectivity index (χ4n) is 2.57. The Kier molecular flexibility index (Phi) is 6.37. The molecule has 0 spiro atoms. The van der Waals surface area contributed by atoms with E-state index in [2.05, 4.69) is 15.7 Å². The Balaban J connectivity index is 1.80.